The van der Waals surface area contributed by atoms with Crippen LogP contribution in [0.3, 0.4) is 0 Å². The number of nitrogens with zero attached hydrogens (tertiary/aromatic N) is 2. The second-order valence-corrected chi connectivity index (χ2v) is 4.12. The van der Waals surface area contributed by atoms with Crippen LogP contribution in [0.15, 0.2) is 24.3 Å². The third-order valence-corrected chi connectivity index (χ3v) is 2.58. The van der Waals surface area contributed by atoms with Gasteiger partial charge in [-0.15, -0.1) is 0 Å². The van der Waals surface area contributed by atoms with E-state index in [2.05, 4.69) is 9.97 Å². The summed E-state index contributed by atoms with van der Waals surface area (Å²) in [4.78, 5) is 8.73. The molecule has 2 N–H and O–H groups in total. The molecule has 4 heteroatoms. The van der Waals surface area contributed by atoms with Crippen molar-refractivity contribution in [1.29, 1.82) is 0 Å². The summed E-state index contributed by atoms with van der Waals surface area (Å²) in [6.45, 7) is 3.88. The van der Waals surface area contributed by atoms with Crippen molar-refractivity contribution in [2.24, 2.45) is 0 Å². The van der Waals surface area contributed by atoms with Crippen molar-refractivity contribution < 1.29 is 0 Å². The Morgan fingerprint density at radius 1 is 1.06 bits per heavy atom. The first-order valence-electron chi connectivity index (χ1n) is 4.94. The lowest BCUT2D eigenvalue weighted by Gasteiger charge is -2.05. The first kappa shape index (κ1) is 10.9. The van der Waals surface area contributed by atoms with Gasteiger partial charge in [0, 0.05) is 17.0 Å². The quantitative estimate of drug-likeness (QED) is 0.771. The molecule has 1 aromatic carbocycles. The van der Waals surface area contributed by atoms with Gasteiger partial charge in [0.25, 0.3) is 0 Å². The molecule has 82 valence electrons. The van der Waals surface area contributed by atoms with E-state index in [0.29, 0.717) is 16.5 Å². The van der Waals surface area contributed by atoms with Crippen molar-refractivity contribution in [3.8, 4) is 11.4 Å². The van der Waals surface area contributed by atoms with Crippen LogP contribution in [0.2, 0.25) is 5.02 Å². The average molecular weight is 234 g/mol. The second kappa shape index (κ2) is 4.10. The molecule has 0 bridgehead atoms. The van der Waals surface area contributed by atoms with Crippen molar-refractivity contribution in [2.45, 2.75) is 13.8 Å². The first-order chi connectivity index (χ1) is 7.56. The molecule has 0 fully saturated rings. The van der Waals surface area contributed by atoms with Crippen LogP contribution >= 0.6 is 11.6 Å². The minimum absolute atomic E-state index is 0.543. The predicted octanol–water partition coefficient (Wildman–Crippen LogP) is 3.00. The van der Waals surface area contributed by atoms with Gasteiger partial charge in [-0.1, -0.05) is 11.6 Å². The molecule has 2 rings (SSSR count). The number of aryl methyl sites for hydroxylation is 2. The maximum absolute atomic E-state index is 5.86. The summed E-state index contributed by atoms with van der Waals surface area (Å²) in [5.41, 5.74) is 9.05. The van der Waals surface area contributed by atoms with Crippen LogP contribution in [0.4, 0.5) is 5.69 Å². The molecule has 1 aromatic heterocycles. The Kier molecular flexibility index (Phi) is 2.79. The smallest absolute Gasteiger partial charge is 0.159 e. The van der Waals surface area contributed by atoms with Gasteiger partial charge in [0.15, 0.2) is 5.82 Å². The number of nitrogens with two attached hydrogens (primary N) is 1. The molecule has 1 heterocycles. The predicted molar refractivity (Wildman–Crippen MR) is 66.4 cm³/mol. The number of rotatable bonds is 1. The Balaban J connectivity index is 2.54. The fraction of sp³-hybridized carbons (Fsp3) is 0.167. The molecular weight excluding hydrogens is 222 g/mol. The third kappa shape index (κ3) is 2.14. The Morgan fingerprint density at radius 3 is 2.25 bits per heavy atom. The zero-order valence-corrected chi connectivity index (χ0v) is 9.92. The van der Waals surface area contributed by atoms with E-state index in [0.717, 1.165) is 17.0 Å². The highest BCUT2D eigenvalue weighted by atomic mass is 35.5. The van der Waals surface area contributed by atoms with Crippen LogP contribution in [0, 0.1) is 13.8 Å². The largest absolute Gasteiger partial charge is 0.398 e. The molecule has 0 unspecified atom stereocenters. The third-order valence-electron chi connectivity index (χ3n) is 2.24. The molecule has 0 spiro atoms. The summed E-state index contributed by atoms with van der Waals surface area (Å²) in [6.07, 6.45) is 0. The molecule has 0 aliphatic heterocycles. The van der Waals surface area contributed by atoms with Crippen LogP contribution in [0.1, 0.15) is 11.4 Å². The van der Waals surface area contributed by atoms with Crippen LogP contribution in [0.25, 0.3) is 11.4 Å². The molecule has 0 aliphatic rings. The van der Waals surface area contributed by atoms with Gasteiger partial charge >= 0.3 is 0 Å². The normalized spacial score (nSPS) is 10.4. The van der Waals surface area contributed by atoms with E-state index in [1.165, 1.54) is 0 Å². The van der Waals surface area contributed by atoms with E-state index in [1.54, 1.807) is 12.1 Å². The molecule has 2 aromatic rings. The number of hydrogen-bond acceptors (Lipinski definition) is 3. The van der Waals surface area contributed by atoms with Crippen molar-refractivity contribution in [3.63, 3.8) is 0 Å². The Labute approximate surface area is 99.3 Å². The number of aromatic nitrogens is 2. The maximum atomic E-state index is 5.86. The highest BCUT2D eigenvalue weighted by Crippen LogP contribution is 2.24. The number of anilines is 1. The summed E-state index contributed by atoms with van der Waals surface area (Å²) in [5.74, 6) is 0.681. The molecular formula is C12H12ClN3. The summed E-state index contributed by atoms with van der Waals surface area (Å²) >= 11 is 5.86. The minimum Gasteiger partial charge on any atom is -0.398 e. The van der Waals surface area contributed by atoms with Crippen molar-refractivity contribution >= 4 is 17.3 Å². The van der Waals surface area contributed by atoms with Crippen molar-refractivity contribution in [1.82, 2.24) is 9.97 Å². The summed E-state index contributed by atoms with van der Waals surface area (Å²) < 4.78 is 0. The van der Waals surface area contributed by atoms with Gasteiger partial charge in [-0.05, 0) is 38.1 Å². The van der Waals surface area contributed by atoms with Gasteiger partial charge in [0.05, 0.1) is 10.7 Å². The minimum atomic E-state index is 0.543. The SMILES string of the molecule is Cc1cc(C)nc(-c2ccc(Cl)c(N)c2)n1. The number of halogens is 1. The molecule has 0 aliphatic carbocycles. The zero-order valence-electron chi connectivity index (χ0n) is 9.16. The van der Waals surface area contributed by atoms with Gasteiger partial charge in [0.2, 0.25) is 0 Å². The first-order valence-corrected chi connectivity index (χ1v) is 5.32. The van der Waals surface area contributed by atoms with Crippen LogP contribution in [0.5, 0.6) is 0 Å². The Morgan fingerprint density at radius 2 is 1.69 bits per heavy atom. The maximum Gasteiger partial charge on any atom is 0.159 e. The number of nitrogen functional groups attached to an aromatic ring is 1. The topological polar surface area (TPSA) is 51.8 Å². The van der Waals surface area contributed by atoms with Crippen LogP contribution < -0.4 is 5.73 Å². The van der Waals surface area contributed by atoms with E-state index in [4.69, 9.17) is 17.3 Å². The molecule has 0 saturated carbocycles. The van der Waals surface area contributed by atoms with Crippen molar-refractivity contribution in [2.75, 3.05) is 5.73 Å². The Bertz CT molecular complexity index is 518. The molecule has 0 atom stereocenters. The Hall–Kier alpha value is -1.61. The molecule has 0 amide bonds. The highest BCUT2D eigenvalue weighted by Gasteiger charge is 2.05. The van der Waals surface area contributed by atoms with Gasteiger partial charge in [0.1, 0.15) is 0 Å². The number of benzene rings is 1. The van der Waals surface area contributed by atoms with Crippen LogP contribution in [-0.4, -0.2) is 9.97 Å². The molecule has 16 heavy (non-hydrogen) atoms. The summed E-state index contributed by atoms with van der Waals surface area (Å²) in [5, 5.41) is 0.549. The highest BCUT2D eigenvalue weighted by molar-refractivity contribution is 6.33. The standard InChI is InChI=1S/C12H12ClN3/c1-7-5-8(2)16-12(15-7)9-3-4-10(13)11(14)6-9/h3-6H,14H2,1-2H3. The average Bonchev–Trinajstić information content (AvgIpc) is 2.20. The monoisotopic (exact) mass is 233 g/mol. The van der Waals surface area contributed by atoms with Crippen LogP contribution in [-0.2, 0) is 0 Å². The van der Waals surface area contributed by atoms with E-state index in [-0.39, 0.29) is 0 Å². The lowest BCUT2D eigenvalue weighted by molar-refractivity contribution is 1.06. The van der Waals surface area contributed by atoms with Gasteiger partial charge < -0.3 is 5.73 Å². The van der Waals surface area contributed by atoms with E-state index in [1.807, 2.05) is 26.0 Å². The summed E-state index contributed by atoms with van der Waals surface area (Å²) in [6, 6.07) is 7.35. The molecule has 3 nitrogen and oxygen atoms in total. The number of hydrogen-bond donors (Lipinski definition) is 1. The fourth-order valence-electron chi connectivity index (χ4n) is 1.54. The van der Waals surface area contributed by atoms with Gasteiger partial charge in [-0.2, -0.15) is 0 Å². The van der Waals surface area contributed by atoms with E-state index >= 15 is 0 Å². The summed E-state index contributed by atoms with van der Waals surface area (Å²) in [7, 11) is 0. The van der Waals surface area contributed by atoms with Gasteiger partial charge in [-0.25, -0.2) is 9.97 Å². The van der Waals surface area contributed by atoms with Crippen molar-refractivity contribution in [3.05, 3.63) is 40.7 Å². The lowest BCUT2D eigenvalue weighted by Crippen LogP contribution is -1.95. The zero-order chi connectivity index (χ0) is 11.7. The second-order valence-electron chi connectivity index (χ2n) is 3.71. The van der Waals surface area contributed by atoms with Gasteiger partial charge in [-0.3, -0.25) is 0 Å². The molecule has 0 saturated heterocycles. The van der Waals surface area contributed by atoms with E-state index in [9.17, 15) is 0 Å². The fourth-order valence-corrected chi connectivity index (χ4v) is 1.66. The molecule has 0 radical (unpaired) electrons. The van der Waals surface area contributed by atoms with E-state index < -0.39 is 0 Å². The lowest BCUT2D eigenvalue weighted by atomic mass is 10.2.